The Kier molecular flexibility index (Phi) is 5.40. The molecule has 0 aliphatic heterocycles. The van der Waals surface area contributed by atoms with Crippen LogP contribution >= 0.6 is 11.8 Å². The summed E-state index contributed by atoms with van der Waals surface area (Å²) in [7, 11) is 1.73. The summed E-state index contributed by atoms with van der Waals surface area (Å²) in [4.78, 5) is 0. The minimum atomic E-state index is 0.464. The van der Waals surface area contributed by atoms with Gasteiger partial charge in [0.15, 0.2) is 0 Å². The molecule has 102 valence electrons. The Balaban J connectivity index is 1.74. The lowest BCUT2D eigenvalue weighted by atomic mass is 10.3. The summed E-state index contributed by atoms with van der Waals surface area (Å²) in [5.41, 5.74) is 0. The zero-order valence-corrected chi connectivity index (χ0v) is 11.8. The van der Waals surface area contributed by atoms with Crippen molar-refractivity contribution in [2.24, 2.45) is 0 Å². The number of hydrogen-bond donors (Lipinski definition) is 1. The van der Waals surface area contributed by atoms with E-state index in [0.29, 0.717) is 5.25 Å². The van der Waals surface area contributed by atoms with E-state index < -0.39 is 0 Å². The van der Waals surface area contributed by atoms with Gasteiger partial charge in [-0.1, -0.05) is 18.7 Å². The predicted octanol–water partition coefficient (Wildman–Crippen LogP) is 0.942. The van der Waals surface area contributed by atoms with Crippen LogP contribution in [0.1, 0.15) is 26.2 Å². The van der Waals surface area contributed by atoms with Gasteiger partial charge in [-0.2, -0.15) is 0 Å². The molecule has 18 heavy (non-hydrogen) atoms. The van der Waals surface area contributed by atoms with Crippen molar-refractivity contribution in [3.05, 3.63) is 0 Å². The minimum Gasteiger partial charge on any atom is -0.385 e. The van der Waals surface area contributed by atoms with E-state index in [4.69, 9.17) is 4.74 Å². The molecule has 1 aromatic rings. The number of nitrogens with one attached hydrogen (secondary N) is 1. The summed E-state index contributed by atoms with van der Waals surface area (Å²) in [6.07, 6.45) is 3.63. The molecule has 0 aromatic carbocycles. The molecule has 1 unspecified atom stereocenters. The van der Waals surface area contributed by atoms with Gasteiger partial charge in [-0.25, -0.2) is 4.68 Å². The topological polar surface area (TPSA) is 64.9 Å². The maximum atomic E-state index is 5.08. The van der Waals surface area contributed by atoms with Gasteiger partial charge in [0, 0.05) is 31.6 Å². The van der Waals surface area contributed by atoms with Gasteiger partial charge in [0.05, 0.1) is 6.54 Å². The number of thioether (sulfide) groups is 1. The van der Waals surface area contributed by atoms with E-state index in [1.807, 2.05) is 4.68 Å². The fourth-order valence-electron chi connectivity index (χ4n) is 1.61. The van der Waals surface area contributed by atoms with Crippen molar-refractivity contribution >= 4 is 11.8 Å². The molecule has 0 saturated heterocycles. The van der Waals surface area contributed by atoms with Crippen LogP contribution in [0.4, 0.5) is 0 Å². The first-order chi connectivity index (χ1) is 8.79. The van der Waals surface area contributed by atoms with E-state index >= 15 is 0 Å². The molecule has 1 atom stereocenters. The molecule has 1 heterocycles. The largest absolute Gasteiger partial charge is 0.385 e. The molecule has 0 amide bonds. The average molecular weight is 271 g/mol. The summed E-state index contributed by atoms with van der Waals surface area (Å²) in [6.45, 7) is 4.72. The minimum absolute atomic E-state index is 0.464. The highest BCUT2D eigenvalue weighted by molar-refractivity contribution is 7.99. The molecule has 0 radical (unpaired) electrons. The lowest BCUT2D eigenvalue weighted by Gasteiger charge is -2.10. The van der Waals surface area contributed by atoms with Crippen LogP contribution in [-0.4, -0.2) is 51.8 Å². The van der Waals surface area contributed by atoms with Crippen molar-refractivity contribution in [2.45, 2.75) is 49.2 Å². The Hall–Kier alpha value is -0.660. The molecule has 2 rings (SSSR count). The lowest BCUT2D eigenvalue weighted by molar-refractivity contribution is 0.195. The van der Waals surface area contributed by atoms with E-state index in [0.717, 1.165) is 37.3 Å². The normalized spacial score (nSPS) is 17.0. The number of tetrazole rings is 1. The standard InChI is InChI=1S/C11H21N5OS/c1-9(5-8-17-2)18-11-13-14-15-16(11)7-6-12-10-3-4-10/h9-10,12H,3-8H2,1-2H3. The number of rotatable bonds is 9. The third-order valence-electron chi connectivity index (χ3n) is 2.87. The second-order valence-corrected chi connectivity index (χ2v) is 6.03. The van der Waals surface area contributed by atoms with Crippen LogP contribution in [-0.2, 0) is 11.3 Å². The molecule has 1 N–H and O–H groups in total. The Morgan fingerprint density at radius 1 is 1.56 bits per heavy atom. The van der Waals surface area contributed by atoms with Gasteiger partial charge >= 0.3 is 0 Å². The van der Waals surface area contributed by atoms with Crippen molar-refractivity contribution in [1.82, 2.24) is 25.5 Å². The molecular formula is C11H21N5OS. The molecule has 1 aliphatic carbocycles. The first-order valence-corrected chi connectivity index (χ1v) is 7.32. The molecule has 1 aliphatic rings. The van der Waals surface area contributed by atoms with Crippen LogP contribution in [0.15, 0.2) is 5.16 Å². The van der Waals surface area contributed by atoms with Crippen LogP contribution in [0.25, 0.3) is 0 Å². The highest BCUT2D eigenvalue weighted by Crippen LogP contribution is 2.22. The van der Waals surface area contributed by atoms with Crippen LogP contribution in [0.5, 0.6) is 0 Å². The second-order valence-electron chi connectivity index (χ2n) is 4.62. The van der Waals surface area contributed by atoms with Crippen LogP contribution < -0.4 is 5.32 Å². The van der Waals surface area contributed by atoms with Gasteiger partial charge in [0.1, 0.15) is 0 Å². The van der Waals surface area contributed by atoms with Crippen LogP contribution in [0.2, 0.25) is 0 Å². The van der Waals surface area contributed by atoms with E-state index in [-0.39, 0.29) is 0 Å². The molecule has 6 nitrogen and oxygen atoms in total. The number of hydrogen-bond acceptors (Lipinski definition) is 6. The first-order valence-electron chi connectivity index (χ1n) is 6.44. The van der Waals surface area contributed by atoms with Gasteiger partial charge in [-0.15, -0.1) is 5.10 Å². The van der Waals surface area contributed by atoms with Crippen LogP contribution in [0.3, 0.4) is 0 Å². The zero-order valence-electron chi connectivity index (χ0n) is 11.0. The lowest BCUT2D eigenvalue weighted by Crippen LogP contribution is -2.22. The zero-order chi connectivity index (χ0) is 12.8. The molecular weight excluding hydrogens is 250 g/mol. The van der Waals surface area contributed by atoms with Gasteiger partial charge in [-0.05, 0) is 29.7 Å². The molecule has 1 saturated carbocycles. The van der Waals surface area contributed by atoms with Crippen molar-refractivity contribution in [1.29, 1.82) is 0 Å². The maximum absolute atomic E-state index is 5.08. The average Bonchev–Trinajstić information content (AvgIpc) is 3.08. The fourth-order valence-corrected chi connectivity index (χ4v) is 2.51. The highest BCUT2D eigenvalue weighted by Gasteiger charge is 2.20. The molecule has 1 aromatic heterocycles. The molecule has 7 heteroatoms. The smallest absolute Gasteiger partial charge is 0.209 e. The van der Waals surface area contributed by atoms with Crippen LogP contribution in [0, 0.1) is 0 Å². The van der Waals surface area contributed by atoms with Crippen molar-refractivity contribution in [3.63, 3.8) is 0 Å². The molecule has 1 fully saturated rings. The van der Waals surface area contributed by atoms with E-state index in [1.54, 1.807) is 18.9 Å². The van der Waals surface area contributed by atoms with Gasteiger partial charge < -0.3 is 10.1 Å². The molecule has 0 bridgehead atoms. The Morgan fingerprint density at radius 3 is 3.11 bits per heavy atom. The monoisotopic (exact) mass is 271 g/mol. The van der Waals surface area contributed by atoms with E-state index in [9.17, 15) is 0 Å². The SMILES string of the molecule is COCCC(C)Sc1nnnn1CCNC1CC1. The van der Waals surface area contributed by atoms with Crippen molar-refractivity contribution in [2.75, 3.05) is 20.3 Å². The Morgan fingerprint density at radius 2 is 2.39 bits per heavy atom. The fraction of sp³-hybridized carbons (Fsp3) is 0.909. The summed E-state index contributed by atoms with van der Waals surface area (Å²) in [5.74, 6) is 0. The summed E-state index contributed by atoms with van der Waals surface area (Å²) in [6, 6.07) is 0.734. The third kappa shape index (κ3) is 4.55. The predicted molar refractivity (Wildman–Crippen MR) is 70.7 cm³/mol. The van der Waals surface area contributed by atoms with E-state index in [2.05, 4.69) is 27.8 Å². The van der Waals surface area contributed by atoms with E-state index in [1.165, 1.54) is 12.8 Å². The van der Waals surface area contributed by atoms with Crippen molar-refractivity contribution < 1.29 is 4.74 Å². The maximum Gasteiger partial charge on any atom is 0.209 e. The first kappa shape index (κ1) is 13.8. The van der Waals surface area contributed by atoms with Gasteiger partial charge in [0.25, 0.3) is 0 Å². The van der Waals surface area contributed by atoms with Crippen molar-refractivity contribution in [3.8, 4) is 0 Å². The third-order valence-corrected chi connectivity index (χ3v) is 4.01. The Labute approximate surface area is 112 Å². The summed E-state index contributed by atoms with van der Waals surface area (Å²) >= 11 is 1.71. The second kappa shape index (κ2) is 7.06. The number of methoxy groups -OCH3 is 1. The number of aromatic nitrogens is 4. The Bertz CT molecular complexity index is 355. The van der Waals surface area contributed by atoms with Gasteiger partial charge in [-0.3, -0.25) is 0 Å². The number of nitrogens with zero attached hydrogens (tertiary/aromatic N) is 4. The summed E-state index contributed by atoms with van der Waals surface area (Å²) in [5, 5.41) is 16.7. The summed E-state index contributed by atoms with van der Waals surface area (Å²) < 4.78 is 6.96. The molecule has 0 spiro atoms. The highest BCUT2D eigenvalue weighted by atomic mass is 32.2. The quantitative estimate of drug-likeness (QED) is 0.674. The van der Waals surface area contributed by atoms with Gasteiger partial charge in [0.2, 0.25) is 5.16 Å². The number of ether oxygens (including phenoxy) is 1.